The molecule has 1 saturated heterocycles. The van der Waals surface area contributed by atoms with Crippen LogP contribution in [0.2, 0.25) is 0 Å². The van der Waals surface area contributed by atoms with Crippen LogP contribution in [-0.2, 0) is 0 Å². The van der Waals surface area contributed by atoms with E-state index in [0.29, 0.717) is 12.8 Å². The lowest BCUT2D eigenvalue weighted by atomic mass is 10.0. The zero-order chi connectivity index (χ0) is 13.1. The highest BCUT2D eigenvalue weighted by atomic mass is 35.5. The quantitative estimate of drug-likeness (QED) is 0.859. The lowest BCUT2D eigenvalue weighted by Gasteiger charge is -2.34. The van der Waals surface area contributed by atoms with Gasteiger partial charge in [0.25, 0.3) is 0 Å². The number of rotatable bonds is 4. The molecule has 118 valence electrons. The summed E-state index contributed by atoms with van der Waals surface area (Å²) in [4.78, 5) is 2.51. The zero-order valence-electron chi connectivity index (χ0n) is 11.9. The molecule has 1 aromatic rings. The van der Waals surface area contributed by atoms with Crippen LogP contribution in [0.1, 0.15) is 18.0 Å². The van der Waals surface area contributed by atoms with E-state index in [1.165, 1.54) is 5.56 Å². The Balaban J connectivity index is 0.00000110. The van der Waals surface area contributed by atoms with Crippen LogP contribution in [0.5, 0.6) is 11.5 Å². The van der Waals surface area contributed by atoms with E-state index >= 15 is 0 Å². The number of ether oxygens (including phenoxy) is 2. The Morgan fingerprint density at radius 2 is 1.90 bits per heavy atom. The maximum absolute atomic E-state index is 5.48. The smallest absolute Gasteiger partial charge is 0.231 e. The van der Waals surface area contributed by atoms with Gasteiger partial charge in [-0.15, -0.1) is 31.4 Å². The number of halogens is 2. The van der Waals surface area contributed by atoms with Gasteiger partial charge < -0.3 is 14.8 Å². The van der Waals surface area contributed by atoms with Crippen LogP contribution in [0, 0.1) is 0 Å². The Hall–Kier alpha value is -0.940. The van der Waals surface area contributed by atoms with E-state index in [-0.39, 0.29) is 24.8 Å². The normalized spacial score (nSPS) is 18.3. The Kier molecular flexibility index (Phi) is 7.32. The predicted octanol–water partition coefficient (Wildman–Crippen LogP) is 2.78. The maximum Gasteiger partial charge on any atom is 0.231 e. The molecule has 0 amide bonds. The first-order valence-corrected chi connectivity index (χ1v) is 6.83. The molecule has 2 aliphatic heterocycles. The van der Waals surface area contributed by atoms with E-state index in [1.54, 1.807) is 0 Å². The second-order valence-corrected chi connectivity index (χ2v) is 4.94. The van der Waals surface area contributed by atoms with Crippen molar-refractivity contribution in [2.75, 3.05) is 33.0 Å². The summed E-state index contributed by atoms with van der Waals surface area (Å²) in [6, 6.07) is 6.65. The van der Waals surface area contributed by atoms with Gasteiger partial charge >= 0.3 is 0 Å². The van der Waals surface area contributed by atoms with Crippen molar-refractivity contribution in [3.8, 4) is 11.5 Å². The molecule has 0 aromatic heterocycles. The number of nitrogens with zero attached hydrogens (tertiary/aromatic N) is 1. The highest BCUT2D eigenvalue weighted by Gasteiger charge is 2.23. The summed E-state index contributed by atoms with van der Waals surface area (Å²) in [6.45, 7) is 8.49. The molecule has 1 atom stereocenters. The van der Waals surface area contributed by atoms with Gasteiger partial charge in [-0.1, -0.05) is 12.1 Å². The average molecular weight is 333 g/mol. The van der Waals surface area contributed by atoms with E-state index in [2.05, 4.69) is 28.9 Å². The molecule has 1 N–H and O–H groups in total. The van der Waals surface area contributed by atoms with E-state index in [0.717, 1.165) is 44.1 Å². The molecule has 0 radical (unpaired) electrons. The van der Waals surface area contributed by atoms with E-state index in [4.69, 9.17) is 9.47 Å². The van der Waals surface area contributed by atoms with Crippen molar-refractivity contribution in [2.45, 2.75) is 12.5 Å². The van der Waals surface area contributed by atoms with Gasteiger partial charge in [0.1, 0.15) is 0 Å². The molecular weight excluding hydrogens is 311 g/mol. The number of benzene rings is 1. The summed E-state index contributed by atoms with van der Waals surface area (Å²) in [5.74, 6) is 1.71. The van der Waals surface area contributed by atoms with Crippen molar-refractivity contribution in [3.05, 3.63) is 36.4 Å². The van der Waals surface area contributed by atoms with Crippen molar-refractivity contribution in [1.82, 2.24) is 10.2 Å². The van der Waals surface area contributed by atoms with Gasteiger partial charge in [-0.25, -0.2) is 0 Å². The van der Waals surface area contributed by atoms with Crippen LogP contribution in [0.3, 0.4) is 0 Å². The largest absolute Gasteiger partial charge is 0.454 e. The van der Waals surface area contributed by atoms with Gasteiger partial charge in [0.15, 0.2) is 11.5 Å². The number of nitrogens with one attached hydrogen (secondary N) is 1. The van der Waals surface area contributed by atoms with Gasteiger partial charge in [-0.2, -0.15) is 0 Å². The van der Waals surface area contributed by atoms with Crippen molar-refractivity contribution < 1.29 is 9.47 Å². The maximum atomic E-state index is 5.48. The fourth-order valence-electron chi connectivity index (χ4n) is 2.77. The highest BCUT2D eigenvalue weighted by molar-refractivity contribution is 5.85. The molecule has 1 fully saturated rings. The Morgan fingerprint density at radius 3 is 2.62 bits per heavy atom. The SMILES string of the molecule is C=CC[C@@H](c1ccc2c(c1)OCO2)N1CCNCC1.Cl.Cl. The van der Waals surface area contributed by atoms with Crippen LogP contribution in [0.4, 0.5) is 0 Å². The van der Waals surface area contributed by atoms with Crippen LogP contribution >= 0.6 is 24.8 Å². The number of hydrogen-bond donors (Lipinski definition) is 1. The summed E-state index contributed by atoms with van der Waals surface area (Å²) in [7, 11) is 0. The van der Waals surface area contributed by atoms with Gasteiger partial charge in [0.2, 0.25) is 6.79 Å². The van der Waals surface area contributed by atoms with Crippen LogP contribution < -0.4 is 14.8 Å². The highest BCUT2D eigenvalue weighted by Crippen LogP contribution is 2.36. The van der Waals surface area contributed by atoms with E-state index in [1.807, 2.05) is 12.1 Å². The minimum absolute atomic E-state index is 0. The lowest BCUT2D eigenvalue weighted by Crippen LogP contribution is -2.45. The molecule has 0 bridgehead atoms. The van der Waals surface area contributed by atoms with Gasteiger partial charge in [-0.3, -0.25) is 4.90 Å². The molecule has 21 heavy (non-hydrogen) atoms. The molecular formula is C15H22Cl2N2O2. The molecule has 1 aromatic carbocycles. The molecule has 0 unspecified atom stereocenters. The Morgan fingerprint density at radius 1 is 1.19 bits per heavy atom. The summed E-state index contributed by atoms with van der Waals surface area (Å²) in [5.41, 5.74) is 1.28. The van der Waals surface area contributed by atoms with Crippen molar-refractivity contribution in [3.63, 3.8) is 0 Å². The first-order chi connectivity index (χ1) is 9.38. The number of piperazine rings is 1. The van der Waals surface area contributed by atoms with Gasteiger partial charge in [0, 0.05) is 32.2 Å². The van der Waals surface area contributed by atoms with Crippen molar-refractivity contribution >= 4 is 24.8 Å². The third-order valence-electron chi connectivity index (χ3n) is 3.76. The summed E-state index contributed by atoms with van der Waals surface area (Å²) >= 11 is 0. The van der Waals surface area contributed by atoms with E-state index in [9.17, 15) is 0 Å². The van der Waals surface area contributed by atoms with Gasteiger partial charge in [-0.05, 0) is 24.1 Å². The fourth-order valence-corrected chi connectivity index (χ4v) is 2.77. The molecule has 2 heterocycles. The number of hydrogen-bond acceptors (Lipinski definition) is 4. The number of fused-ring (bicyclic) bond motifs is 1. The fraction of sp³-hybridized carbons (Fsp3) is 0.467. The second-order valence-electron chi connectivity index (χ2n) is 4.94. The summed E-state index contributed by atoms with van der Waals surface area (Å²) < 4.78 is 10.8. The monoisotopic (exact) mass is 332 g/mol. The first-order valence-electron chi connectivity index (χ1n) is 6.83. The summed E-state index contributed by atoms with van der Waals surface area (Å²) in [6.07, 6.45) is 2.96. The summed E-state index contributed by atoms with van der Waals surface area (Å²) in [5, 5.41) is 3.39. The third-order valence-corrected chi connectivity index (χ3v) is 3.76. The zero-order valence-corrected chi connectivity index (χ0v) is 13.5. The van der Waals surface area contributed by atoms with E-state index < -0.39 is 0 Å². The predicted molar refractivity (Wildman–Crippen MR) is 89.1 cm³/mol. The lowest BCUT2D eigenvalue weighted by molar-refractivity contribution is 0.171. The van der Waals surface area contributed by atoms with Gasteiger partial charge in [0.05, 0.1) is 0 Å². The molecule has 3 rings (SSSR count). The van der Waals surface area contributed by atoms with Crippen LogP contribution in [-0.4, -0.2) is 37.9 Å². The standard InChI is InChI=1S/C15H20N2O2.2ClH/c1-2-3-13(17-8-6-16-7-9-17)12-4-5-14-15(10-12)19-11-18-14;;/h2,4-5,10,13,16H,1,3,6-9,11H2;2*1H/t13-;;/m0../s1. The Bertz CT molecular complexity index is 465. The third kappa shape index (κ3) is 4.04. The van der Waals surface area contributed by atoms with Crippen LogP contribution in [0.25, 0.3) is 0 Å². The molecule has 0 saturated carbocycles. The molecule has 0 spiro atoms. The molecule has 6 heteroatoms. The molecule has 4 nitrogen and oxygen atoms in total. The Labute approximate surface area is 138 Å². The first kappa shape index (κ1) is 18.1. The second kappa shape index (κ2) is 8.49. The molecule has 0 aliphatic carbocycles. The topological polar surface area (TPSA) is 33.7 Å². The minimum Gasteiger partial charge on any atom is -0.454 e. The van der Waals surface area contributed by atoms with Crippen LogP contribution in [0.15, 0.2) is 30.9 Å². The minimum atomic E-state index is 0. The van der Waals surface area contributed by atoms with Crippen molar-refractivity contribution in [2.24, 2.45) is 0 Å². The average Bonchev–Trinajstić information content (AvgIpc) is 2.93. The van der Waals surface area contributed by atoms with Crippen molar-refractivity contribution in [1.29, 1.82) is 0 Å². The molecule has 2 aliphatic rings.